The summed E-state index contributed by atoms with van der Waals surface area (Å²) >= 11 is 0. The quantitative estimate of drug-likeness (QED) is 0.538. The molecule has 2 aromatic carbocycles. The first kappa shape index (κ1) is 21.8. The molecule has 1 N–H and O–H groups in total. The Morgan fingerprint density at radius 1 is 0.935 bits per heavy atom. The van der Waals surface area contributed by atoms with Crippen molar-refractivity contribution in [2.45, 2.75) is 6.42 Å². The van der Waals surface area contributed by atoms with Crippen LogP contribution in [0.2, 0.25) is 0 Å². The summed E-state index contributed by atoms with van der Waals surface area (Å²) in [4.78, 5) is 38.4. The zero-order valence-corrected chi connectivity index (χ0v) is 17.2. The van der Waals surface area contributed by atoms with Gasteiger partial charge in [0.05, 0.1) is 21.3 Å². The maximum Gasteiger partial charge on any atom is 0.331 e. The SMILES string of the molecule is COc1ccc(C=C2C(=O)NC(=O)N(CCc3ccc(F)cc3)C2=O)c(OC)c1OC. The van der Waals surface area contributed by atoms with Crippen LogP contribution in [0.15, 0.2) is 42.0 Å². The number of nitrogens with one attached hydrogen (secondary N) is 1. The first-order valence-corrected chi connectivity index (χ1v) is 9.31. The Balaban J connectivity index is 1.91. The predicted octanol–water partition coefficient (Wildman–Crippen LogP) is 2.56. The van der Waals surface area contributed by atoms with Gasteiger partial charge in [-0.2, -0.15) is 0 Å². The van der Waals surface area contributed by atoms with Crippen LogP contribution in [0.1, 0.15) is 11.1 Å². The molecule has 1 heterocycles. The number of carbonyl (C=O) groups is 3. The number of hydrogen-bond donors (Lipinski definition) is 1. The third-order valence-electron chi connectivity index (χ3n) is 4.76. The molecular formula is C22H21FN2O6. The van der Waals surface area contributed by atoms with Crippen LogP contribution in [0.4, 0.5) is 9.18 Å². The average molecular weight is 428 g/mol. The molecule has 0 bridgehead atoms. The van der Waals surface area contributed by atoms with E-state index >= 15 is 0 Å². The summed E-state index contributed by atoms with van der Waals surface area (Å²) in [6.07, 6.45) is 1.64. The van der Waals surface area contributed by atoms with Crippen molar-refractivity contribution in [3.05, 3.63) is 58.9 Å². The van der Waals surface area contributed by atoms with Crippen LogP contribution < -0.4 is 19.5 Å². The van der Waals surface area contributed by atoms with Crippen LogP contribution in [-0.4, -0.2) is 50.6 Å². The second kappa shape index (κ2) is 9.29. The van der Waals surface area contributed by atoms with E-state index in [9.17, 15) is 18.8 Å². The minimum Gasteiger partial charge on any atom is -0.493 e. The van der Waals surface area contributed by atoms with Gasteiger partial charge >= 0.3 is 6.03 Å². The molecule has 9 heteroatoms. The highest BCUT2D eigenvalue weighted by Gasteiger charge is 2.35. The molecule has 2 aromatic rings. The largest absolute Gasteiger partial charge is 0.493 e. The van der Waals surface area contributed by atoms with E-state index in [1.807, 2.05) is 0 Å². The minimum atomic E-state index is -0.815. The molecule has 0 saturated carbocycles. The van der Waals surface area contributed by atoms with Gasteiger partial charge < -0.3 is 14.2 Å². The van der Waals surface area contributed by atoms with Crippen LogP contribution in [0.3, 0.4) is 0 Å². The van der Waals surface area contributed by atoms with Gasteiger partial charge in [-0.25, -0.2) is 9.18 Å². The van der Waals surface area contributed by atoms with Gasteiger partial charge in [0.15, 0.2) is 11.5 Å². The number of hydrogen-bond acceptors (Lipinski definition) is 6. The molecule has 0 radical (unpaired) electrons. The fraction of sp³-hybridized carbons (Fsp3) is 0.227. The molecule has 4 amide bonds. The number of amides is 4. The Kier molecular flexibility index (Phi) is 6.54. The number of barbiturate groups is 1. The van der Waals surface area contributed by atoms with Gasteiger partial charge in [-0.05, 0) is 42.3 Å². The normalized spacial score (nSPS) is 15.2. The molecule has 1 saturated heterocycles. The number of benzene rings is 2. The maximum atomic E-state index is 13.1. The van der Waals surface area contributed by atoms with Crippen molar-refractivity contribution in [3.63, 3.8) is 0 Å². The van der Waals surface area contributed by atoms with Crippen molar-refractivity contribution < 1.29 is 33.0 Å². The fourth-order valence-corrected chi connectivity index (χ4v) is 3.18. The Bertz CT molecular complexity index is 1050. The highest BCUT2D eigenvalue weighted by atomic mass is 19.1. The zero-order chi connectivity index (χ0) is 22.5. The van der Waals surface area contributed by atoms with E-state index in [0.717, 1.165) is 10.5 Å². The molecule has 1 aliphatic rings. The van der Waals surface area contributed by atoms with Gasteiger partial charge in [0.1, 0.15) is 11.4 Å². The molecule has 0 atom stereocenters. The molecule has 0 unspecified atom stereocenters. The van der Waals surface area contributed by atoms with Crippen molar-refractivity contribution in [2.75, 3.05) is 27.9 Å². The number of imide groups is 2. The standard InChI is InChI=1S/C22H21FN2O6/c1-29-17-9-6-14(18(30-2)19(17)31-3)12-16-20(26)24-22(28)25(21(16)27)11-10-13-4-7-15(23)8-5-13/h4-9,12H,10-11H2,1-3H3,(H,24,26,28). The molecule has 0 aliphatic carbocycles. The van der Waals surface area contributed by atoms with Crippen molar-refractivity contribution in [3.8, 4) is 17.2 Å². The van der Waals surface area contributed by atoms with Gasteiger partial charge in [-0.1, -0.05) is 12.1 Å². The lowest BCUT2D eigenvalue weighted by Crippen LogP contribution is -2.54. The van der Waals surface area contributed by atoms with Crippen molar-refractivity contribution in [1.29, 1.82) is 0 Å². The zero-order valence-electron chi connectivity index (χ0n) is 17.2. The molecular weight excluding hydrogens is 407 g/mol. The van der Waals surface area contributed by atoms with Crippen LogP contribution in [0.5, 0.6) is 17.2 Å². The lowest BCUT2D eigenvalue weighted by atomic mass is 10.0. The molecule has 0 aromatic heterocycles. The molecule has 0 spiro atoms. The highest BCUT2D eigenvalue weighted by molar-refractivity contribution is 6.31. The first-order chi connectivity index (χ1) is 14.9. The van der Waals surface area contributed by atoms with Gasteiger partial charge in [0.25, 0.3) is 11.8 Å². The number of halogens is 1. The summed E-state index contributed by atoms with van der Waals surface area (Å²) in [5, 5.41) is 2.17. The summed E-state index contributed by atoms with van der Waals surface area (Å²) in [5.74, 6) is -0.957. The van der Waals surface area contributed by atoms with Crippen molar-refractivity contribution in [2.24, 2.45) is 0 Å². The van der Waals surface area contributed by atoms with E-state index in [-0.39, 0.29) is 23.7 Å². The van der Waals surface area contributed by atoms with E-state index in [1.54, 1.807) is 24.3 Å². The fourth-order valence-electron chi connectivity index (χ4n) is 3.18. The third kappa shape index (κ3) is 4.50. The van der Waals surface area contributed by atoms with E-state index in [2.05, 4.69) is 5.32 Å². The maximum absolute atomic E-state index is 13.1. The Morgan fingerprint density at radius 3 is 2.23 bits per heavy atom. The van der Waals surface area contributed by atoms with E-state index < -0.39 is 17.8 Å². The summed E-state index contributed by atoms with van der Waals surface area (Å²) in [7, 11) is 4.32. The van der Waals surface area contributed by atoms with Crippen LogP contribution >= 0.6 is 0 Å². The lowest BCUT2D eigenvalue weighted by Gasteiger charge is -2.26. The molecule has 1 fully saturated rings. The molecule has 31 heavy (non-hydrogen) atoms. The number of ether oxygens (including phenoxy) is 3. The summed E-state index contributed by atoms with van der Waals surface area (Å²) in [6.45, 7) is 0.0178. The van der Waals surface area contributed by atoms with E-state index in [4.69, 9.17) is 14.2 Å². The number of rotatable bonds is 7. The Labute approximate surface area is 178 Å². The number of carbonyl (C=O) groups excluding carboxylic acids is 3. The van der Waals surface area contributed by atoms with Crippen LogP contribution in [0, 0.1) is 5.82 Å². The summed E-state index contributed by atoms with van der Waals surface area (Å²) in [5.41, 5.74) is 0.904. The predicted molar refractivity (Wildman–Crippen MR) is 109 cm³/mol. The first-order valence-electron chi connectivity index (χ1n) is 9.31. The van der Waals surface area contributed by atoms with Crippen LogP contribution in [0.25, 0.3) is 6.08 Å². The molecule has 1 aliphatic heterocycles. The molecule has 162 valence electrons. The van der Waals surface area contributed by atoms with Gasteiger partial charge in [-0.3, -0.25) is 19.8 Å². The number of methoxy groups -OCH3 is 3. The smallest absolute Gasteiger partial charge is 0.331 e. The second-order valence-electron chi connectivity index (χ2n) is 6.57. The Morgan fingerprint density at radius 2 is 1.61 bits per heavy atom. The summed E-state index contributed by atoms with van der Waals surface area (Å²) in [6, 6.07) is 8.13. The second-order valence-corrected chi connectivity index (χ2v) is 6.57. The van der Waals surface area contributed by atoms with Crippen LogP contribution in [-0.2, 0) is 16.0 Å². The monoisotopic (exact) mass is 428 g/mol. The van der Waals surface area contributed by atoms with Crippen molar-refractivity contribution in [1.82, 2.24) is 10.2 Å². The number of urea groups is 1. The van der Waals surface area contributed by atoms with E-state index in [1.165, 1.54) is 39.5 Å². The van der Waals surface area contributed by atoms with Crippen molar-refractivity contribution >= 4 is 23.9 Å². The van der Waals surface area contributed by atoms with E-state index in [0.29, 0.717) is 23.5 Å². The minimum absolute atomic E-state index is 0.0178. The lowest BCUT2D eigenvalue weighted by molar-refractivity contribution is -0.130. The van der Waals surface area contributed by atoms with Gasteiger partial charge in [0.2, 0.25) is 5.75 Å². The highest BCUT2D eigenvalue weighted by Crippen LogP contribution is 2.40. The Hall–Kier alpha value is -3.88. The molecule has 8 nitrogen and oxygen atoms in total. The average Bonchev–Trinajstić information content (AvgIpc) is 2.76. The van der Waals surface area contributed by atoms with Gasteiger partial charge in [-0.15, -0.1) is 0 Å². The topological polar surface area (TPSA) is 94.2 Å². The van der Waals surface area contributed by atoms with Gasteiger partial charge in [0, 0.05) is 12.1 Å². The third-order valence-corrected chi connectivity index (χ3v) is 4.76. The summed E-state index contributed by atoms with van der Waals surface area (Å²) < 4.78 is 29.0. The number of nitrogens with zero attached hydrogens (tertiary/aromatic N) is 1. The molecule has 3 rings (SSSR count).